The van der Waals surface area contributed by atoms with Crippen LogP contribution in [0.25, 0.3) is 10.9 Å². The van der Waals surface area contributed by atoms with Gasteiger partial charge in [0.2, 0.25) is 17.6 Å². The van der Waals surface area contributed by atoms with E-state index in [4.69, 9.17) is 0 Å². The van der Waals surface area contributed by atoms with Gasteiger partial charge in [0, 0.05) is 23.7 Å². The molecule has 0 unspecified atom stereocenters. The molecule has 2 aromatic carbocycles. The molecule has 0 atom stereocenters. The van der Waals surface area contributed by atoms with Crippen LogP contribution < -0.4 is 10.2 Å². The van der Waals surface area contributed by atoms with Crippen LogP contribution in [0.15, 0.2) is 65.4 Å². The first-order valence-electron chi connectivity index (χ1n) is 9.88. The molecule has 2 heterocycles. The molecule has 8 heteroatoms. The average molecular weight is 442 g/mol. The maximum Gasteiger partial charge on any atom is 0.233 e. The quantitative estimate of drug-likeness (QED) is 0.481. The Hall–Kier alpha value is -4.09. The van der Waals surface area contributed by atoms with Gasteiger partial charge in [0.05, 0.1) is 24.2 Å². The number of hydrogen-bond acceptors (Lipinski definition) is 6. The van der Waals surface area contributed by atoms with Crippen molar-refractivity contribution >= 4 is 45.4 Å². The number of thiophene rings is 1. The van der Waals surface area contributed by atoms with Gasteiger partial charge in [-0.25, -0.2) is 9.97 Å². The summed E-state index contributed by atoms with van der Waals surface area (Å²) in [5.41, 5.74) is 3.52. The Bertz CT molecular complexity index is 1310. The molecule has 0 saturated heterocycles. The van der Waals surface area contributed by atoms with Gasteiger partial charge in [-0.05, 0) is 52.7 Å². The molecule has 0 aliphatic heterocycles. The van der Waals surface area contributed by atoms with Gasteiger partial charge in [-0.2, -0.15) is 16.6 Å². The minimum absolute atomic E-state index is 0.0231. The summed E-state index contributed by atoms with van der Waals surface area (Å²) < 4.78 is 0. The van der Waals surface area contributed by atoms with Crippen LogP contribution in [0.3, 0.4) is 0 Å². The second kappa shape index (κ2) is 9.37. The van der Waals surface area contributed by atoms with E-state index in [1.54, 1.807) is 46.6 Å². The predicted molar refractivity (Wildman–Crippen MR) is 124 cm³/mol. The first-order valence-corrected chi connectivity index (χ1v) is 10.8. The zero-order chi connectivity index (χ0) is 22.5. The highest BCUT2D eigenvalue weighted by atomic mass is 32.1. The summed E-state index contributed by atoms with van der Waals surface area (Å²) in [7, 11) is 0. The fourth-order valence-electron chi connectivity index (χ4n) is 3.38. The number of amides is 2. The highest BCUT2D eigenvalue weighted by molar-refractivity contribution is 7.07. The third-order valence-electron chi connectivity index (χ3n) is 4.82. The highest BCUT2D eigenvalue weighted by Gasteiger charge is 2.20. The molecular formula is C24H19N5O2S. The summed E-state index contributed by atoms with van der Waals surface area (Å²) >= 11 is 1.57. The van der Waals surface area contributed by atoms with Crippen molar-refractivity contribution in [3.63, 3.8) is 0 Å². The molecule has 0 bridgehead atoms. The summed E-state index contributed by atoms with van der Waals surface area (Å²) in [6.07, 6.45) is 0.0231. The Morgan fingerprint density at radius 2 is 1.88 bits per heavy atom. The maximum absolute atomic E-state index is 13.5. The van der Waals surface area contributed by atoms with Crippen molar-refractivity contribution in [3.8, 4) is 6.07 Å². The minimum Gasteiger partial charge on any atom is -0.326 e. The van der Waals surface area contributed by atoms with Crippen molar-refractivity contribution in [1.29, 1.82) is 5.26 Å². The molecule has 0 aliphatic carbocycles. The number of para-hydroxylation sites is 1. The van der Waals surface area contributed by atoms with Gasteiger partial charge in [-0.1, -0.05) is 18.2 Å². The molecule has 1 N–H and O–H groups in total. The second-order valence-electron chi connectivity index (χ2n) is 7.14. The van der Waals surface area contributed by atoms with E-state index in [0.717, 1.165) is 10.9 Å². The van der Waals surface area contributed by atoms with E-state index in [2.05, 4.69) is 15.3 Å². The number of hydrogen-bond donors (Lipinski definition) is 1. The lowest BCUT2D eigenvalue weighted by Gasteiger charge is -2.23. The molecular weight excluding hydrogens is 422 g/mol. The molecule has 2 amide bonds. The molecule has 7 nitrogen and oxygen atoms in total. The fraction of sp³-hybridized carbons (Fsp3) is 0.125. The number of aromatic nitrogens is 2. The van der Waals surface area contributed by atoms with E-state index in [-0.39, 0.29) is 24.1 Å². The molecule has 2 aromatic heterocycles. The van der Waals surface area contributed by atoms with Gasteiger partial charge < -0.3 is 10.2 Å². The Kier molecular flexibility index (Phi) is 6.19. The van der Waals surface area contributed by atoms with Crippen molar-refractivity contribution in [2.75, 3.05) is 10.2 Å². The number of benzene rings is 2. The summed E-state index contributed by atoms with van der Waals surface area (Å²) in [6, 6.07) is 18.4. The lowest BCUT2D eigenvalue weighted by molar-refractivity contribution is -0.118. The fourth-order valence-corrected chi connectivity index (χ4v) is 4.04. The van der Waals surface area contributed by atoms with Crippen molar-refractivity contribution < 1.29 is 9.59 Å². The van der Waals surface area contributed by atoms with Crippen LogP contribution in [0.2, 0.25) is 0 Å². The number of fused-ring (bicyclic) bond motifs is 1. The smallest absolute Gasteiger partial charge is 0.233 e. The molecule has 4 aromatic rings. The van der Waals surface area contributed by atoms with Gasteiger partial charge in [-0.15, -0.1) is 0 Å². The van der Waals surface area contributed by atoms with Gasteiger partial charge in [-0.3, -0.25) is 9.59 Å². The summed E-state index contributed by atoms with van der Waals surface area (Å²) in [5.74, 6) is -0.278. The molecule has 0 spiro atoms. The van der Waals surface area contributed by atoms with Crippen LogP contribution in [0.4, 0.5) is 11.4 Å². The molecule has 0 fully saturated rings. The van der Waals surface area contributed by atoms with Crippen molar-refractivity contribution in [2.45, 2.75) is 19.9 Å². The van der Waals surface area contributed by atoms with Gasteiger partial charge in [0.1, 0.15) is 6.07 Å². The van der Waals surface area contributed by atoms with Crippen molar-refractivity contribution in [1.82, 2.24) is 9.97 Å². The largest absolute Gasteiger partial charge is 0.326 e. The Balaban J connectivity index is 1.67. The third-order valence-corrected chi connectivity index (χ3v) is 5.55. The molecule has 158 valence electrons. The summed E-state index contributed by atoms with van der Waals surface area (Å²) in [4.78, 5) is 35.0. The maximum atomic E-state index is 13.5. The number of anilines is 2. The van der Waals surface area contributed by atoms with Crippen molar-refractivity contribution in [3.05, 3.63) is 82.4 Å². The number of carbonyl (C=O) groups excluding carboxylic acids is 2. The van der Waals surface area contributed by atoms with Crippen molar-refractivity contribution in [2.24, 2.45) is 0 Å². The molecule has 0 aliphatic rings. The Morgan fingerprint density at radius 3 is 2.56 bits per heavy atom. The average Bonchev–Trinajstić information content (AvgIpc) is 3.31. The Morgan fingerprint density at radius 1 is 1.09 bits per heavy atom. The van der Waals surface area contributed by atoms with Crippen LogP contribution in [-0.4, -0.2) is 21.8 Å². The van der Waals surface area contributed by atoms with E-state index in [0.29, 0.717) is 29.1 Å². The van der Waals surface area contributed by atoms with E-state index >= 15 is 0 Å². The lowest BCUT2D eigenvalue weighted by Crippen LogP contribution is -2.32. The topological polar surface area (TPSA) is 99.0 Å². The lowest BCUT2D eigenvalue weighted by atomic mass is 10.1. The SMILES string of the molecule is CC(=O)Nc1ccc(N(Cc2ccsc2)C(=O)Cc2nc(C#N)nc3ccccc23)cc1. The summed E-state index contributed by atoms with van der Waals surface area (Å²) in [5, 5.41) is 16.7. The Labute approximate surface area is 189 Å². The van der Waals surface area contributed by atoms with E-state index in [1.165, 1.54) is 6.92 Å². The first kappa shape index (κ1) is 21.2. The molecule has 4 rings (SSSR count). The third kappa shape index (κ3) is 4.79. The second-order valence-corrected chi connectivity index (χ2v) is 7.92. The van der Waals surface area contributed by atoms with Crippen LogP contribution in [-0.2, 0) is 22.6 Å². The van der Waals surface area contributed by atoms with Crippen LogP contribution in [0, 0.1) is 11.3 Å². The minimum atomic E-state index is -0.159. The van der Waals surface area contributed by atoms with Crippen LogP contribution in [0.5, 0.6) is 0 Å². The molecule has 0 saturated carbocycles. The normalized spacial score (nSPS) is 10.5. The van der Waals surface area contributed by atoms with E-state index in [1.807, 2.05) is 41.1 Å². The number of nitrogens with one attached hydrogen (secondary N) is 1. The zero-order valence-corrected chi connectivity index (χ0v) is 18.1. The van der Waals surface area contributed by atoms with E-state index < -0.39 is 0 Å². The monoisotopic (exact) mass is 441 g/mol. The van der Waals surface area contributed by atoms with Gasteiger partial charge in [0.25, 0.3) is 0 Å². The van der Waals surface area contributed by atoms with Gasteiger partial charge in [0.15, 0.2) is 0 Å². The number of nitriles is 1. The predicted octanol–water partition coefficient (Wildman–Crippen LogP) is 4.30. The zero-order valence-electron chi connectivity index (χ0n) is 17.3. The van der Waals surface area contributed by atoms with Crippen LogP contribution in [0.1, 0.15) is 24.0 Å². The standard InChI is InChI=1S/C24H19N5O2S/c1-16(30)26-18-6-8-19(9-7-18)29(14-17-10-11-32-15-17)24(31)12-22-20-4-2-3-5-21(20)27-23(13-25)28-22/h2-11,15H,12,14H2,1H3,(H,26,30). The number of carbonyl (C=O) groups is 2. The first-order chi connectivity index (χ1) is 15.5. The van der Waals surface area contributed by atoms with Gasteiger partial charge >= 0.3 is 0 Å². The summed E-state index contributed by atoms with van der Waals surface area (Å²) in [6.45, 7) is 1.85. The highest BCUT2D eigenvalue weighted by Crippen LogP contribution is 2.24. The molecule has 0 radical (unpaired) electrons. The molecule has 32 heavy (non-hydrogen) atoms. The van der Waals surface area contributed by atoms with E-state index in [9.17, 15) is 14.9 Å². The number of nitrogens with zero attached hydrogens (tertiary/aromatic N) is 4. The number of rotatable bonds is 6. The van der Waals surface area contributed by atoms with Crippen LogP contribution >= 0.6 is 11.3 Å².